The molecule has 1 heterocycles. The molecule has 5 nitrogen and oxygen atoms in total. The van der Waals surface area contributed by atoms with Crippen molar-refractivity contribution >= 4 is 23.1 Å². The number of carbonyl (C=O) groups is 2. The fourth-order valence-corrected chi connectivity index (χ4v) is 3.42. The van der Waals surface area contributed by atoms with Gasteiger partial charge >= 0.3 is 5.97 Å². The predicted molar refractivity (Wildman–Crippen MR) is 96.8 cm³/mol. The van der Waals surface area contributed by atoms with Gasteiger partial charge in [0.05, 0.1) is 5.01 Å². The Bertz CT molecular complexity index is 549. The Hall–Kier alpha value is -1.27. The minimum Gasteiger partial charge on any atom is -0.459 e. The van der Waals surface area contributed by atoms with Crippen molar-refractivity contribution in [2.24, 2.45) is 17.6 Å². The number of nitrogens with zero attached hydrogens (tertiary/aromatic N) is 1. The molecule has 0 aliphatic carbocycles. The lowest BCUT2D eigenvalue weighted by atomic mass is 9.79. The maximum atomic E-state index is 12.7. The molecule has 0 amide bonds. The fraction of sp³-hybridized carbons (Fsp3) is 0.722. The third-order valence-corrected chi connectivity index (χ3v) is 4.47. The summed E-state index contributed by atoms with van der Waals surface area (Å²) in [6, 6.07) is 0. The number of rotatable bonds is 8. The summed E-state index contributed by atoms with van der Waals surface area (Å²) in [6.07, 6.45) is 2.97. The molecule has 0 radical (unpaired) electrons. The number of hydrogen-bond donors (Lipinski definition) is 1. The molecule has 1 unspecified atom stereocenters. The summed E-state index contributed by atoms with van der Waals surface area (Å²) in [5.74, 6) is -0.538. The zero-order valence-corrected chi connectivity index (χ0v) is 16.4. The Labute approximate surface area is 149 Å². The number of ketones is 1. The van der Waals surface area contributed by atoms with Crippen molar-refractivity contribution in [3.8, 4) is 0 Å². The number of esters is 1. The molecule has 2 N–H and O–H groups in total. The minimum absolute atomic E-state index is 0.0207. The van der Waals surface area contributed by atoms with Gasteiger partial charge in [0.1, 0.15) is 16.9 Å². The second kappa shape index (κ2) is 8.21. The third kappa shape index (κ3) is 6.69. The van der Waals surface area contributed by atoms with Crippen molar-refractivity contribution in [1.29, 1.82) is 0 Å². The van der Waals surface area contributed by atoms with E-state index < -0.39 is 17.1 Å². The first-order valence-corrected chi connectivity index (χ1v) is 9.22. The quantitative estimate of drug-likeness (QED) is 0.724. The molecule has 1 aromatic heterocycles. The van der Waals surface area contributed by atoms with E-state index in [1.807, 2.05) is 40.0 Å². The summed E-state index contributed by atoms with van der Waals surface area (Å²) < 4.78 is 5.53. The predicted octanol–water partition coefficient (Wildman–Crippen LogP) is 3.37. The highest BCUT2D eigenvalue weighted by atomic mass is 32.1. The molecule has 1 aromatic rings. The number of thiazole rings is 1. The Kier molecular flexibility index (Phi) is 7.10. The van der Waals surface area contributed by atoms with Crippen LogP contribution in [0.3, 0.4) is 0 Å². The molecule has 0 aliphatic rings. The highest BCUT2D eigenvalue weighted by molar-refractivity contribution is 7.09. The lowest BCUT2D eigenvalue weighted by molar-refractivity contribution is -0.163. The smallest absolute Gasteiger partial charge is 0.326 e. The van der Waals surface area contributed by atoms with E-state index in [4.69, 9.17) is 10.5 Å². The third-order valence-electron chi connectivity index (χ3n) is 3.67. The van der Waals surface area contributed by atoms with Gasteiger partial charge in [0.25, 0.3) is 0 Å². The van der Waals surface area contributed by atoms with Crippen LogP contribution in [0.15, 0.2) is 11.6 Å². The first-order chi connectivity index (χ1) is 10.9. The maximum absolute atomic E-state index is 12.7. The average Bonchev–Trinajstić information content (AvgIpc) is 2.87. The number of Topliss-reactive ketones (excluding diaryl/α,β-unsaturated/α-hetero) is 1. The summed E-state index contributed by atoms with van der Waals surface area (Å²) in [5, 5.41) is 2.76. The molecule has 0 bridgehead atoms. The van der Waals surface area contributed by atoms with Crippen LogP contribution < -0.4 is 5.73 Å². The highest BCUT2D eigenvalue weighted by Gasteiger charge is 2.41. The molecule has 1 rings (SSSR count). The molecular weight excluding hydrogens is 324 g/mol. The lowest BCUT2D eigenvalue weighted by Crippen LogP contribution is -2.53. The summed E-state index contributed by atoms with van der Waals surface area (Å²) in [5.41, 5.74) is 4.69. The van der Waals surface area contributed by atoms with Crippen molar-refractivity contribution in [3.63, 3.8) is 0 Å². The number of nitrogens with two attached hydrogens (primary N) is 1. The van der Waals surface area contributed by atoms with Gasteiger partial charge in [-0.25, -0.2) is 4.98 Å². The molecule has 24 heavy (non-hydrogen) atoms. The maximum Gasteiger partial charge on any atom is 0.326 e. The van der Waals surface area contributed by atoms with Crippen molar-refractivity contribution in [2.75, 3.05) is 0 Å². The zero-order valence-electron chi connectivity index (χ0n) is 15.6. The Morgan fingerprint density at radius 2 is 1.92 bits per heavy atom. The Balaban J connectivity index is 2.99. The number of hydrogen-bond acceptors (Lipinski definition) is 6. The molecule has 0 spiro atoms. The first-order valence-electron chi connectivity index (χ1n) is 8.34. The SMILES string of the molecule is CC(=O)C(Cc1nccs1)C[C@@](N)(CC(C)C)C(=O)OC(C)(C)C. The molecule has 0 aromatic carbocycles. The zero-order chi connectivity index (χ0) is 18.5. The van der Waals surface area contributed by atoms with E-state index in [2.05, 4.69) is 4.98 Å². The van der Waals surface area contributed by atoms with Gasteiger partial charge in [0.15, 0.2) is 0 Å². The average molecular weight is 355 g/mol. The van der Waals surface area contributed by atoms with E-state index in [1.54, 1.807) is 13.1 Å². The summed E-state index contributed by atoms with van der Waals surface area (Å²) >= 11 is 1.51. The van der Waals surface area contributed by atoms with E-state index in [1.165, 1.54) is 11.3 Å². The van der Waals surface area contributed by atoms with Crippen molar-refractivity contribution in [1.82, 2.24) is 4.98 Å². The monoisotopic (exact) mass is 354 g/mol. The number of aromatic nitrogens is 1. The number of ether oxygens (including phenoxy) is 1. The van der Waals surface area contributed by atoms with Crippen LogP contribution in [0.4, 0.5) is 0 Å². The van der Waals surface area contributed by atoms with Gasteiger partial charge in [0.2, 0.25) is 0 Å². The van der Waals surface area contributed by atoms with Crippen LogP contribution in [0.25, 0.3) is 0 Å². The summed E-state index contributed by atoms with van der Waals surface area (Å²) in [4.78, 5) is 29.1. The largest absolute Gasteiger partial charge is 0.459 e. The molecule has 6 heteroatoms. The standard InChI is InChI=1S/C18H30N2O3S/c1-12(2)10-18(19,16(22)23-17(4,5)6)11-14(13(3)21)9-15-20-7-8-24-15/h7-8,12,14H,9-11,19H2,1-6H3/t14?,18-/m0/s1. The van der Waals surface area contributed by atoms with E-state index in [9.17, 15) is 9.59 Å². The lowest BCUT2D eigenvalue weighted by Gasteiger charge is -2.34. The van der Waals surface area contributed by atoms with Gasteiger partial charge in [-0.3, -0.25) is 9.59 Å². The van der Waals surface area contributed by atoms with Gasteiger partial charge in [-0.2, -0.15) is 0 Å². The molecule has 0 saturated heterocycles. The van der Waals surface area contributed by atoms with Crippen LogP contribution in [0.2, 0.25) is 0 Å². The van der Waals surface area contributed by atoms with Crippen LogP contribution >= 0.6 is 11.3 Å². The van der Waals surface area contributed by atoms with Crippen LogP contribution in [0.1, 0.15) is 59.4 Å². The Morgan fingerprint density at radius 3 is 2.33 bits per heavy atom. The van der Waals surface area contributed by atoms with Gasteiger partial charge in [-0.05, 0) is 46.5 Å². The second-order valence-corrected chi connectivity index (χ2v) is 8.88. The van der Waals surface area contributed by atoms with Crippen molar-refractivity contribution < 1.29 is 14.3 Å². The van der Waals surface area contributed by atoms with E-state index >= 15 is 0 Å². The van der Waals surface area contributed by atoms with E-state index in [0.29, 0.717) is 12.8 Å². The van der Waals surface area contributed by atoms with E-state index in [-0.39, 0.29) is 24.0 Å². The van der Waals surface area contributed by atoms with Crippen molar-refractivity contribution in [2.45, 2.75) is 71.9 Å². The second-order valence-electron chi connectivity index (χ2n) is 7.90. The molecular formula is C18H30N2O3S. The van der Waals surface area contributed by atoms with Gasteiger partial charge in [-0.1, -0.05) is 13.8 Å². The molecule has 136 valence electrons. The molecule has 0 fully saturated rings. The van der Waals surface area contributed by atoms with Gasteiger partial charge in [-0.15, -0.1) is 11.3 Å². The Morgan fingerprint density at radius 1 is 1.29 bits per heavy atom. The minimum atomic E-state index is -1.17. The van der Waals surface area contributed by atoms with Crippen molar-refractivity contribution in [3.05, 3.63) is 16.6 Å². The van der Waals surface area contributed by atoms with Crippen LogP contribution in [-0.2, 0) is 20.7 Å². The van der Waals surface area contributed by atoms with Crippen LogP contribution in [-0.4, -0.2) is 27.9 Å². The summed E-state index contributed by atoms with van der Waals surface area (Å²) in [6.45, 7) is 11.0. The summed E-state index contributed by atoms with van der Waals surface area (Å²) in [7, 11) is 0. The molecule has 0 saturated carbocycles. The fourth-order valence-electron chi connectivity index (χ4n) is 2.72. The highest BCUT2D eigenvalue weighted by Crippen LogP contribution is 2.29. The van der Waals surface area contributed by atoms with Crippen LogP contribution in [0, 0.1) is 11.8 Å². The molecule has 2 atom stereocenters. The van der Waals surface area contributed by atoms with Gasteiger partial charge in [0, 0.05) is 23.9 Å². The van der Waals surface area contributed by atoms with Crippen LogP contribution in [0.5, 0.6) is 0 Å². The number of carbonyl (C=O) groups excluding carboxylic acids is 2. The molecule has 0 aliphatic heterocycles. The topological polar surface area (TPSA) is 82.3 Å². The van der Waals surface area contributed by atoms with E-state index in [0.717, 1.165) is 5.01 Å². The first kappa shape index (κ1) is 20.8. The normalized spacial score (nSPS) is 15.8. The van der Waals surface area contributed by atoms with Gasteiger partial charge < -0.3 is 10.5 Å².